The van der Waals surface area contributed by atoms with Crippen molar-refractivity contribution in [3.8, 4) is 23.7 Å². The molecule has 2 fully saturated rings. The summed E-state index contributed by atoms with van der Waals surface area (Å²) in [5, 5.41) is 0. The molecule has 76 heavy (non-hydrogen) atoms. The normalized spacial score (nSPS) is 15.3. The fourth-order valence-corrected chi connectivity index (χ4v) is 8.70. The van der Waals surface area contributed by atoms with Crippen molar-refractivity contribution in [3.05, 3.63) is 176 Å². The molecule has 2 amide bonds. The molecule has 0 N–H and O–H groups in total. The van der Waals surface area contributed by atoms with E-state index in [2.05, 4.69) is 199 Å². The molecule has 5 aromatic rings. The summed E-state index contributed by atoms with van der Waals surface area (Å²) < 4.78 is 11.2. The zero-order valence-electron chi connectivity index (χ0n) is 47.1. The van der Waals surface area contributed by atoms with E-state index in [4.69, 9.17) is 19.5 Å². The van der Waals surface area contributed by atoms with Gasteiger partial charge in [0.1, 0.15) is 11.2 Å². The van der Waals surface area contributed by atoms with E-state index in [1.165, 1.54) is 11.1 Å². The molecule has 0 radical (unpaired) electrons. The number of piperidine rings is 2. The molecule has 2 saturated heterocycles. The molecule has 2 aliphatic rings. The van der Waals surface area contributed by atoms with Crippen molar-refractivity contribution in [1.29, 1.82) is 0 Å². The van der Waals surface area contributed by atoms with Crippen LogP contribution in [0, 0.1) is 23.7 Å². The number of hydrogen-bond donors (Lipinski definition) is 0. The van der Waals surface area contributed by atoms with E-state index in [1.807, 2.05) is 54.0 Å². The summed E-state index contributed by atoms with van der Waals surface area (Å²) in [6, 6.07) is 38.6. The second-order valence-electron chi connectivity index (χ2n) is 24.1. The van der Waals surface area contributed by atoms with Crippen LogP contribution in [0.5, 0.6) is 0 Å². The Morgan fingerprint density at radius 2 is 0.763 bits per heavy atom. The van der Waals surface area contributed by atoms with Gasteiger partial charge >= 0.3 is 12.2 Å². The first-order valence-corrected chi connectivity index (χ1v) is 26.9. The summed E-state index contributed by atoms with van der Waals surface area (Å²) in [5.74, 6) is 14.1. The first-order chi connectivity index (χ1) is 35.9. The van der Waals surface area contributed by atoms with E-state index >= 15 is 0 Å². The minimum absolute atomic E-state index is 0.0435. The predicted molar refractivity (Wildman–Crippen MR) is 316 cm³/mol. The summed E-state index contributed by atoms with van der Waals surface area (Å²) in [5.41, 5.74) is 11.3. The van der Waals surface area contributed by atoms with Gasteiger partial charge in [0.2, 0.25) is 0 Å². The maximum absolute atomic E-state index is 12.6. The molecule has 5 aromatic carbocycles. The fraction of sp³-hybridized carbons (Fsp3) is 0.382. The number of hydrogen-bond acceptors (Lipinski definition) is 6. The lowest BCUT2D eigenvalue weighted by Crippen LogP contribution is -2.42. The molecule has 0 saturated carbocycles. The van der Waals surface area contributed by atoms with Crippen LogP contribution in [0.1, 0.15) is 176 Å². The average Bonchev–Trinajstić information content (AvgIpc) is 3.37. The van der Waals surface area contributed by atoms with Crippen LogP contribution in [0.4, 0.5) is 9.59 Å². The average molecular weight is 1020 g/mol. The molecule has 8 heteroatoms. The van der Waals surface area contributed by atoms with Gasteiger partial charge in [0.15, 0.2) is 0 Å². The standard InChI is InChI=1S/C68H78N4O4/c1-65(2,3)59-33-25-51(26-34-59)23-31-57-45-56(30-22-50-15-19-54(20-16-50)48-70-62-39-43-72(44-40-62)64(74)76-68(10,11)12)58(32-24-52-27-35-60(36-28-52)66(4,5)6)46-55(57)29-21-49-13-17-53(18-14-49)47-69-61-37-41-71(42-38-61)63(73)75-67(7,8)9/h13-22,25-30,33-36,45-48,61-62H,37-44H2,1-12H3/b29-21+,30-22+,69-47?,70-48?. The Labute approximate surface area is 454 Å². The van der Waals surface area contributed by atoms with Gasteiger partial charge in [-0.25, -0.2) is 9.59 Å². The quantitative estimate of drug-likeness (QED) is 0.0881. The fourth-order valence-electron chi connectivity index (χ4n) is 8.70. The van der Waals surface area contributed by atoms with Gasteiger partial charge < -0.3 is 19.3 Å². The molecule has 394 valence electrons. The van der Waals surface area contributed by atoms with Crippen molar-refractivity contribution in [2.24, 2.45) is 9.98 Å². The molecule has 0 aliphatic carbocycles. The third-order valence-corrected chi connectivity index (χ3v) is 13.3. The van der Waals surface area contributed by atoms with Crippen molar-refractivity contribution < 1.29 is 19.1 Å². The topological polar surface area (TPSA) is 83.8 Å². The monoisotopic (exact) mass is 1010 g/mol. The van der Waals surface area contributed by atoms with Gasteiger partial charge in [-0.15, -0.1) is 0 Å². The minimum Gasteiger partial charge on any atom is -0.444 e. The highest BCUT2D eigenvalue weighted by atomic mass is 16.6. The van der Waals surface area contributed by atoms with Gasteiger partial charge in [-0.05, 0) is 159 Å². The number of ether oxygens (including phenoxy) is 2. The van der Waals surface area contributed by atoms with E-state index in [9.17, 15) is 9.59 Å². The van der Waals surface area contributed by atoms with E-state index in [1.54, 1.807) is 9.80 Å². The van der Waals surface area contributed by atoms with Crippen molar-refractivity contribution in [3.63, 3.8) is 0 Å². The number of aliphatic imine (C=N–C) groups is 2. The van der Waals surface area contributed by atoms with Gasteiger partial charge in [0.25, 0.3) is 0 Å². The Morgan fingerprint density at radius 1 is 0.447 bits per heavy atom. The molecule has 0 aromatic heterocycles. The van der Waals surface area contributed by atoms with Crippen molar-refractivity contribution in [2.45, 2.75) is 143 Å². The Morgan fingerprint density at radius 3 is 1.07 bits per heavy atom. The van der Waals surface area contributed by atoms with Gasteiger partial charge in [-0.2, -0.15) is 0 Å². The third-order valence-electron chi connectivity index (χ3n) is 13.3. The highest BCUT2D eigenvalue weighted by molar-refractivity contribution is 5.83. The summed E-state index contributed by atoms with van der Waals surface area (Å²) in [6.07, 6.45) is 15.1. The lowest BCUT2D eigenvalue weighted by atomic mass is 9.87. The lowest BCUT2D eigenvalue weighted by Gasteiger charge is -2.32. The van der Waals surface area contributed by atoms with Crippen LogP contribution in [0.15, 0.2) is 119 Å². The van der Waals surface area contributed by atoms with Crippen LogP contribution in [0.25, 0.3) is 24.3 Å². The van der Waals surface area contributed by atoms with Crippen molar-refractivity contribution in [2.75, 3.05) is 26.2 Å². The molecule has 0 atom stereocenters. The maximum Gasteiger partial charge on any atom is 0.410 e. The van der Waals surface area contributed by atoms with E-state index in [-0.39, 0.29) is 35.1 Å². The number of carbonyl (C=O) groups excluding carboxylic acids is 2. The molecule has 0 spiro atoms. The molecular weight excluding hydrogens is 937 g/mol. The predicted octanol–water partition coefficient (Wildman–Crippen LogP) is 15.1. The van der Waals surface area contributed by atoms with Crippen LogP contribution in [0.3, 0.4) is 0 Å². The smallest absolute Gasteiger partial charge is 0.410 e. The van der Waals surface area contributed by atoms with Crippen LogP contribution < -0.4 is 0 Å². The number of likely N-dealkylation sites (tertiary alicyclic amines) is 2. The van der Waals surface area contributed by atoms with Gasteiger partial charge in [-0.1, -0.05) is 162 Å². The van der Waals surface area contributed by atoms with Crippen LogP contribution in [0.2, 0.25) is 0 Å². The number of amides is 2. The first kappa shape index (κ1) is 56.3. The number of carbonyl (C=O) groups is 2. The maximum atomic E-state index is 12.6. The Bertz CT molecular complexity index is 2830. The van der Waals surface area contributed by atoms with Crippen LogP contribution in [-0.4, -0.2) is 83.9 Å². The van der Waals surface area contributed by atoms with Crippen molar-refractivity contribution >= 4 is 48.9 Å². The number of rotatable bonds is 8. The highest BCUT2D eigenvalue weighted by Gasteiger charge is 2.28. The molecule has 7 rings (SSSR count). The van der Waals surface area contributed by atoms with Crippen LogP contribution in [-0.2, 0) is 20.3 Å². The van der Waals surface area contributed by atoms with Gasteiger partial charge in [0, 0.05) is 60.9 Å². The van der Waals surface area contributed by atoms with Gasteiger partial charge in [-0.3, -0.25) is 9.98 Å². The molecule has 2 heterocycles. The Kier molecular flexibility index (Phi) is 18.2. The molecule has 0 unspecified atom stereocenters. The largest absolute Gasteiger partial charge is 0.444 e. The Balaban J connectivity index is 1.15. The van der Waals surface area contributed by atoms with Gasteiger partial charge in [0.05, 0.1) is 12.1 Å². The third kappa shape index (κ3) is 17.3. The highest BCUT2D eigenvalue weighted by Crippen LogP contribution is 2.26. The second kappa shape index (κ2) is 24.5. The van der Waals surface area contributed by atoms with E-state index in [0.717, 1.165) is 81.3 Å². The molecule has 0 bridgehead atoms. The summed E-state index contributed by atoms with van der Waals surface area (Å²) in [4.78, 5) is 38.5. The summed E-state index contributed by atoms with van der Waals surface area (Å²) in [6.45, 7) is 27.2. The van der Waals surface area contributed by atoms with Crippen LogP contribution >= 0.6 is 0 Å². The minimum atomic E-state index is -0.509. The first-order valence-electron chi connectivity index (χ1n) is 26.9. The molecular formula is C68H78N4O4. The summed E-state index contributed by atoms with van der Waals surface area (Å²) in [7, 11) is 0. The zero-order valence-corrected chi connectivity index (χ0v) is 47.1. The summed E-state index contributed by atoms with van der Waals surface area (Å²) >= 11 is 0. The number of nitrogens with zero attached hydrogens (tertiary/aromatic N) is 4. The zero-order chi connectivity index (χ0) is 54.7. The number of benzene rings is 5. The SMILES string of the molecule is CC(C)(C)OC(=O)N1CCC(N=Cc2ccc(/C=C/c3cc(C#Cc4ccc(C(C)(C)C)cc4)c(/C=C/c4ccc(C=NC5CCN(C(=O)OC(C)(C)C)CC5)cc4)cc3C#Cc3ccc(C(C)(C)C)cc3)cc2)CC1. The molecule has 2 aliphatic heterocycles. The van der Waals surface area contributed by atoms with E-state index in [0.29, 0.717) is 26.2 Å². The Hall–Kier alpha value is -7.42. The lowest BCUT2D eigenvalue weighted by molar-refractivity contribution is 0.0196. The second-order valence-corrected chi connectivity index (χ2v) is 24.1. The van der Waals surface area contributed by atoms with E-state index < -0.39 is 11.2 Å². The van der Waals surface area contributed by atoms with Crippen molar-refractivity contribution in [1.82, 2.24) is 9.80 Å². The molecule has 8 nitrogen and oxygen atoms in total.